The second-order valence-electron chi connectivity index (χ2n) is 4.81. The molecule has 0 atom stereocenters. The summed E-state index contributed by atoms with van der Waals surface area (Å²) < 4.78 is 23.7. The molecule has 3 N–H and O–H groups in total. The molecule has 0 amide bonds. The molecule has 0 aliphatic heterocycles. The van der Waals surface area contributed by atoms with E-state index in [9.17, 15) is 23.1 Å². The highest BCUT2D eigenvalue weighted by molar-refractivity contribution is 7.89. The van der Waals surface area contributed by atoms with Gasteiger partial charge in [-0.2, -0.15) is 0 Å². The summed E-state index contributed by atoms with van der Waals surface area (Å²) in [4.78, 5) is 23.4. The van der Waals surface area contributed by atoms with E-state index in [1.54, 1.807) is 6.92 Å². The Kier molecular flexibility index (Phi) is 3.90. The van der Waals surface area contributed by atoms with Crippen molar-refractivity contribution in [2.45, 2.75) is 18.7 Å². The molecule has 0 bridgehead atoms. The smallest absolute Gasteiger partial charge is 0.337 e. The fraction of sp³-hybridized carbons (Fsp3) is 0.143. The van der Waals surface area contributed by atoms with Crippen LogP contribution in [0.3, 0.4) is 0 Å². The first kappa shape index (κ1) is 15.9. The van der Waals surface area contributed by atoms with E-state index in [4.69, 9.17) is 5.14 Å². The number of sulfonamides is 1. The van der Waals surface area contributed by atoms with Crippen LogP contribution in [0.5, 0.6) is 0 Å². The monoisotopic (exact) mass is 322 g/mol. The van der Waals surface area contributed by atoms with Crippen molar-refractivity contribution in [3.05, 3.63) is 57.5 Å². The number of carbonyl (C=O) groups is 1. The van der Waals surface area contributed by atoms with E-state index in [1.165, 1.54) is 41.8 Å². The molecular weight excluding hydrogens is 308 g/mol. The first-order valence-electron chi connectivity index (χ1n) is 6.22. The first-order chi connectivity index (χ1) is 10.1. The molecule has 2 aromatic rings. The van der Waals surface area contributed by atoms with Crippen molar-refractivity contribution in [2.75, 3.05) is 0 Å². The molecular formula is C14H14N2O5S. The summed E-state index contributed by atoms with van der Waals surface area (Å²) >= 11 is 0. The molecule has 1 aromatic heterocycles. The summed E-state index contributed by atoms with van der Waals surface area (Å²) in [5, 5.41) is 14.3. The van der Waals surface area contributed by atoms with Crippen LogP contribution in [0.1, 0.15) is 21.6 Å². The van der Waals surface area contributed by atoms with Gasteiger partial charge >= 0.3 is 5.97 Å². The molecule has 0 fully saturated rings. The number of hydrogen-bond acceptors (Lipinski definition) is 4. The molecule has 1 aromatic carbocycles. The van der Waals surface area contributed by atoms with Crippen molar-refractivity contribution >= 4 is 16.0 Å². The Labute approximate surface area is 126 Å². The lowest BCUT2D eigenvalue weighted by atomic mass is 10.1. The van der Waals surface area contributed by atoms with Crippen LogP contribution in [0.2, 0.25) is 0 Å². The fourth-order valence-corrected chi connectivity index (χ4v) is 2.83. The van der Waals surface area contributed by atoms with Crippen LogP contribution in [-0.2, 0) is 10.0 Å². The number of aromatic carboxylic acids is 1. The molecule has 7 nitrogen and oxygen atoms in total. The van der Waals surface area contributed by atoms with Gasteiger partial charge in [-0.3, -0.25) is 9.36 Å². The number of carboxylic acid groups (broad SMARTS) is 1. The van der Waals surface area contributed by atoms with Gasteiger partial charge in [-0.15, -0.1) is 0 Å². The molecule has 0 radical (unpaired) electrons. The maximum atomic E-state index is 12.1. The third kappa shape index (κ3) is 2.78. The number of nitrogens with zero attached hydrogens (tertiary/aromatic N) is 1. The molecule has 22 heavy (non-hydrogen) atoms. The van der Waals surface area contributed by atoms with Gasteiger partial charge in [0, 0.05) is 17.4 Å². The van der Waals surface area contributed by atoms with E-state index in [0.717, 1.165) is 0 Å². The largest absolute Gasteiger partial charge is 0.478 e. The van der Waals surface area contributed by atoms with E-state index in [0.29, 0.717) is 11.3 Å². The first-order valence-corrected chi connectivity index (χ1v) is 7.77. The molecule has 0 spiro atoms. The predicted molar refractivity (Wildman–Crippen MR) is 79.8 cm³/mol. The lowest BCUT2D eigenvalue weighted by molar-refractivity contribution is 0.0694. The van der Waals surface area contributed by atoms with E-state index < -0.39 is 21.6 Å². The minimum atomic E-state index is -3.83. The Bertz CT molecular complexity index is 911. The van der Waals surface area contributed by atoms with Crippen LogP contribution in [0.15, 0.2) is 40.0 Å². The van der Waals surface area contributed by atoms with Gasteiger partial charge in [-0.25, -0.2) is 18.4 Å². The average molecular weight is 322 g/mol. The quantitative estimate of drug-likeness (QED) is 0.866. The van der Waals surface area contributed by atoms with Crippen LogP contribution < -0.4 is 10.7 Å². The maximum Gasteiger partial charge on any atom is 0.337 e. The zero-order chi connectivity index (χ0) is 16.7. The number of hydrogen-bond donors (Lipinski definition) is 2. The average Bonchev–Trinajstić information content (AvgIpc) is 2.37. The lowest BCUT2D eigenvalue weighted by Crippen LogP contribution is -2.24. The Hall–Kier alpha value is -2.45. The zero-order valence-electron chi connectivity index (χ0n) is 11.9. The third-order valence-electron chi connectivity index (χ3n) is 3.29. The molecule has 0 saturated heterocycles. The summed E-state index contributed by atoms with van der Waals surface area (Å²) in [5.41, 5.74) is 0.629. The summed E-state index contributed by atoms with van der Waals surface area (Å²) in [6, 6.07) is 6.54. The van der Waals surface area contributed by atoms with Crippen molar-refractivity contribution in [1.29, 1.82) is 0 Å². The Balaban J connectivity index is 2.71. The number of aromatic nitrogens is 1. The minimum absolute atomic E-state index is 0.0372. The third-order valence-corrected chi connectivity index (χ3v) is 4.22. The summed E-state index contributed by atoms with van der Waals surface area (Å²) in [6.07, 6.45) is 0. The molecule has 0 aliphatic rings. The van der Waals surface area contributed by atoms with Crippen molar-refractivity contribution in [3.8, 4) is 5.69 Å². The number of aryl methyl sites for hydroxylation is 1. The van der Waals surface area contributed by atoms with Crippen LogP contribution in [-0.4, -0.2) is 24.1 Å². The summed E-state index contributed by atoms with van der Waals surface area (Å²) in [7, 11) is -3.83. The topological polar surface area (TPSA) is 119 Å². The second kappa shape index (κ2) is 5.39. The SMILES string of the molecule is Cc1cc(=O)n(-c2ccc(S(N)(=O)=O)cc2)c(C)c1C(=O)O. The predicted octanol–water partition coefficient (Wildman–Crippen LogP) is 0.800. The standard InChI is InChI=1S/C14H14N2O5S/c1-8-7-12(17)16(9(2)13(8)14(18)19)10-3-5-11(6-4-10)22(15,20)21/h3-7H,1-2H3,(H,18,19)(H2,15,20,21). The van der Waals surface area contributed by atoms with Gasteiger partial charge in [-0.05, 0) is 43.7 Å². The number of pyridine rings is 1. The maximum absolute atomic E-state index is 12.1. The zero-order valence-corrected chi connectivity index (χ0v) is 12.7. The van der Waals surface area contributed by atoms with Crippen molar-refractivity contribution in [1.82, 2.24) is 4.57 Å². The second-order valence-corrected chi connectivity index (χ2v) is 6.37. The molecule has 8 heteroatoms. The molecule has 0 unspecified atom stereocenters. The molecule has 0 saturated carbocycles. The van der Waals surface area contributed by atoms with Gasteiger partial charge in [-0.1, -0.05) is 0 Å². The van der Waals surface area contributed by atoms with Gasteiger partial charge < -0.3 is 5.11 Å². The van der Waals surface area contributed by atoms with Gasteiger partial charge in [0.05, 0.1) is 10.5 Å². The van der Waals surface area contributed by atoms with E-state index in [2.05, 4.69) is 0 Å². The number of carboxylic acids is 1. The molecule has 0 aliphatic carbocycles. The number of benzene rings is 1. The number of primary sulfonamides is 1. The lowest BCUT2D eigenvalue weighted by Gasteiger charge is -2.14. The van der Waals surface area contributed by atoms with E-state index in [1.807, 2.05) is 0 Å². The van der Waals surface area contributed by atoms with Crippen molar-refractivity contribution in [2.24, 2.45) is 5.14 Å². The van der Waals surface area contributed by atoms with Crippen molar-refractivity contribution < 1.29 is 18.3 Å². The fourth-order valence-electron chi connectivity index (χ4n) is 2.31. The van der Waals surface area contributed by atoms with Crippen LogP contribution in [0.4, 0.5) is 0 Å². The van der Waals surface area contributed by atoms with Gasteiger partial charge in [0.2, 0.25) is 10.0 Å². The van der Waals surface area contributed by atoms with Crippen molar-refractivity contribution in [3.63, 3.8) is 0 Å². The minimum Gasteiger partial charge on any atom is -0.478 e. The summed E-state index contributed by atoms with van der Waals surface area (Å²) in [5.74, 6) is -1.13. The highest BCUT2D eigenvalue weighted by Crippen LogP contribution is 2.17. The molecule has 116 valence electrons. The molecule has 2 rings (SSSR count). The van der Waals surface area contributed by atoms with Gasteiger partial charge in [0.15, 0.2) is 0 Å². The Morgan fingerprint density at radius 2 is 1.73 bits per heavy atom. The van der Waals surface area contributed by atoms with Gasteiger partial charge in [0.1, 0.15) is 0 Å². The molecule has 1 heterocycles. The highest BCUT2D eigenvalue weighted by atomic mass is 32.2. The van der Waals surface area contributed by atoms with E-state index >= 15 is 0 Å². The Morgan fingerprint density at radius 1 is 1.18 bits per heavy atom. The number of nitrogens with two attached hydrogens (primary N) is 1. The van der Waals surface area contributed by atoms with Gasteiger partial charge in [0.25, 0.3) is 5.56 Å². The normalized spacial score (nSPS) is 11.4. The Morgan fingerprint density at radius 3 is 2.18 bits per heavy atom. The van der Waals surface area contributed by atoms with Crippen LogP contribution >= 0.6 is 0 Å². The highest BCUT2D eigenvalue weighted by Gasteiger charge is 2.17. The summed E-state index contributed by atoms with van der Waals surface area (Å²) in [6.45, 7) is 3.07. The van der Waals surface area contributed by atoms with Crippen LogP contribution in [0.25, 0.3) is 5.69 Å². The van der Waals surface area contributed by atoms with Crippen LogP contribution in [0, 0.1) is 13.8 Å². The number of rotatable bonds is 3. The van der Waals surface area contributed by atoms with E-state index in [-0.39, 0.29) is 16.2 Å².